The molecular formula is C14H14N2O2S. The number of aromatic nitrogens is 1. The maximum Gasteiger partial charge on any atom is 0.263 e. The number of rotatable bonds is 3. The number of anilines is 1. The number of carbonyl (C=O) groups excluding carboxylic acids is 1. The van der Waals surface area contributed by atoms with Crippen LogP contribution in [0.2, 0.25) is 0 Å². The Kier molecular flexibility index (Phi) is 4.06. The molecule has 0 saturated heterocycles. The van der Waals surface area contributed by atoms with Crippen molar-refractivity contribution in [2.24, 2.45) is 7.05 Å². The highest BCUT2D eigenvalue weighted by Crippen LogP contribution is 2.19. The highest BCUT2D eigenvalue weighted by molar-refractivity contribution is 7.98. The number of aryl methyl sites for hydroxylation is 1. The van der Waals surface area contributed by atoms with Crippen molar-refractivity contribution in [3.63, 3.8) is 0 Å². The van der Waals surface area contributed by atoms with Crippen molar-refractivity contribution in [1.29, 1.82) is 0 Å². The zero-order valence-electron chi connectivity index (χ0n) is 10.7. The number of pyridine rings is 1. The SMILES string of the molecule is CSc1cccc(NC(=O)c2cccn(C)c2=O)c1. The van der Waals surface area contributed by atoms with Gasteiger partial charge < -0.3 is 9.88 Å². The molecule has 0 aliphatic heterocycles. The molecule has 0 atom stereocenters. The Bertz CT molecular complexity index is 664. The molecule has 2 aromatic rings. The van der Waals surface area contributed by atoms with Crippen molar-refractivity contribution < 1.29 is 4.79 Å². The minimum atomic E-state index is -0.389. The van der Waals surface area contributed by atoms with Crippen LogP contribution in [0.25, 0.3) is 0 Å². The summed E-state index contributed by atoms with van der Waals surface area (Å²) < 4.78 is 1.38. The summed E-state index contributed by atoms with van der Waals surface area (Å²) in [6.45, 7) is 0. The van der Waals surface area contributed by atoms with Gasteiger partial charge in [0.05, 0.1) is 0 Å². The lowest BCUT2D eigenvalue weighted by Gasteiger charge is -2.07. The van der Waals surface area contributed by atoms with E-state index >= 15 is 0 Å². The summed E-state index contributed by atoms with van der Waals surface area (Å²) in [5, 5.41) is 2.74. The molecule has 0 aliphatic rings. The minimum Gasteiger partial charge on any atom is -0.322 e. The van der Waals surface area contributed by atoms with Gasteiger partial charge >= 0.3 is 0 Å². The monoisotopic (exact) mass is 274 g/mol. The molecule has 0 radical (unpaired) electrons. The lowest BCUT2D eigenvalue weighted by atomic mass is 10.2. The van der Waals surface area contributed by atoms with E-state index in [9.17, 15) is 9.59 Å². The molecule has 0 bridgehead atoms. The quantitative estimate of drug-likeness (QED) is 0.874. The number of hydrogen-bond acceptors (Lipinski definition) is 3. The van der Waals surface area contributed by atoms with Gasteiger partial charge in [0.1, 0.15) is 5.56 Å². The molecule has 0 saturated carbocycles. The molecule has 5 heteroatoms. The molecule has 1 heterocycles. The number of benzene rings is 1. The summed E-state index contributed by atoms with van der Waals surface area (Å²) in [4.78, 5) is 24.9. The van der Waals surface area contributed by atoms with Gasteiger partial charge in [-0.15, -0.1) is 11.8 Å². The minimum absolute atomic E-state index is 0.138. The van der Waals surface area contributed by atoms with Gasteiger partial charge in [-0.1, -0.05) is 6.07 Å². The van der Waals surface area contributed by atoms with Crippen molar-refractivity contribution in [2.75, 3.05) is 11.6 Å². The summed E-state index contributed by atoms with van der Waals surface area (Å²) in [5.74, 6) is -0.389. The van der Waals surface area contributed by atoms with Crippen LogP contribution in [-0.2, 0) is 7.05 Å². The van der Waals surface area contributed by atoms with Crippen LogP contribution >= 0.6 is 11.8 Å². The molecule has 1 N–H and O–H groups in total. The second-order valence-electron chi connectivity index (χ2n) is 4.02. The molecular weight excluding hydrogens is 260 g/mol. The fourth-order valence-corrected chi connectivity index (χ4v) is 2.13. The fourth-order valence-electron chi connectivity index (χ4n) is 1.67. The van der Waals surface area contributed by atoms with E-state index in [-0.39, 0.29) is 17.0 Å². The lowest BCUT2D eigenvalue weighted by Crippen LogP contribution is -2.26. The molecule has 19 heavy (non-hydrogen) atoms. The molecule has 1 aromatic carbocycles. The van der Waals surface area contributed by atoms with E-state index in [0.717, 1.165) is 4.90 Å². The van der Waals surface area contributed by atoms with Gasteiger partial charge in [-0.25, -0.2) is 0 Å². The lowest BCUT2D eigenvalue weighted by molar-refractivity contribution is 0.102. The van der Waals surface area contributed by atoms with Crippen LogP contribution in [0, 0.1) is 0 Å². The third kappa shape index (κ3) is 3.06. The van der Waals surface area contributed by atoms with E-state index < -0.39 is 0 Å². The highest BCUT2D eigenvalue weighted by Gasteiger charge is 2.11. The average molecular weight is 274 g/mol. The maximum atomic E-state index is 12.1. The zero-order chi connectivity index (χ0) is 13.8. The molecule has 1 amide bonds. The molecule has 0 spiro atoms. The Labute approximate surface area is 115 Å². The second-order valence-corrected chi connectivity index (χ2v) is 4.90. The van der Waals surface area contributed by atoms with Crippen molar-refractivity contribution in [3.05, 3.63) is 58.5 Å². The summed E-state index contributed by atoms with van der Waals surface area (Å²) in [5.41, 5.74) is 0.517. The number of carbonyl (C=O) groups is 1. The van der Waals surface area contributed by atoms with E-state index in [1.165, 1.54) is 10.6 Å². The molecule has 0 unspecified atom stereocenters. The van der Waals surface area contributed by atoms with Gasteiger partial charge in [0, 0.05) is 23.8 Å². The largest absolute Gasteiger partial charge is 0.322 e. The van der Waals surface area contributed by atoms with Crippen LogP contribution in [0.3, 0.4) is 0 Å². The number of thioether (sulfide) groups is 1. The first kappa shape index (κ1) is 13.4. The van der Waals surface area contributed by atoms with E-state index in [2.05, 4.69) is 5.32 Å². The molecule has 0 aliphatic carbocycles. The molecule has 98 valence electrons. The predicted octanol–water partition coefficient (Wildman–Crippen LogP) is 2.36. The first-order chi connectivity index (χ1) is 9.11. The van der Waals surface area contributed by atoms with E-state index in [1.807, 2.05) is 24.5 Å². The molecule has 4 nitrogen and oxygen atoms in total. The highest BCUT2D eigenvalue weighted by atomic mass is 32.2. The normalized spacial score (nSPS) is 10.2. The van der Waals surface area contributed by atoms with Crippen LogP contribution in [0.15, 0.2) is 52.3 Å². The van der Waals surface area contributed by atoms with Crippen molar-refractivity contribution in [3.8, 4) is 0 Å². The standard InChI is InChI=1S/C14H14N2O2S/c1-16-8-4-7-12(14(16)18)13(17)15-10-5-3-6-11(9-10)19-2/h3-9H,1-2H3,(H,15,17). The van der Waals surface area contributed by atoms with Crippen LogP contribution < -0.4 is 10.9 Å². The van der Waals surface area contributed by atoms with Gasteiger partial charge in [-0.05, 0) is 36.6 Å². The topological polar surface area (TPSA) is 51.1 Å². The van der Waals surface area contributed by atoms with Gasteiger partial charge in [-0.2, -0.15) is 0 Å². The van der Waals surface area contributed by atoms with Crippen LogP contribution in [-0.4, -0.2) is 16.7 Å². The number of nitrogens with one attached hydrogen (secondary N) is 1. The van der Waals surface area contributed by atoms with Gasteiger partial charge in [-0.3, -0.25) is 9.59 Å². The Morgan fingerprint density at radius 2 is 2.05 bits per heavy atom. The van der Waals surface area contributed by atoms with Gasteiger partial charge in [0.25, 0.3) is 11.5 Å². The average Bonchev–Trinajstić information content (AvgIpc) is 2.42. The number of nitrogens with zero attached hydrogens (tertiary/aromatic N) is 1. The first-order valence-corrected chi connectivity index (χ1v) is 6.95. The van der Waals surface area contributed by atoms with Crippen LogP contribution in [0.1, 0.15) is 10.4 Å². The van der Waals surface area contributed by atoms with Crippen molar-refractivity contribution in [1.82, 2.24) is 4.57 Å². The van der Waals surface area contributed by atoms with Crippen molar-refractivity contribution in [2.45, 2.75) is 4.90 Å². The Morgan fingerprint density at radius 3 is 2.79 bits per heavy atom. The predicted molar refractivity (Wildman–Crippen MR) is 77.9 cm³/mol. The smallest absolute Gasteiger partial charge is 0.263 e. The van der Waals surface area contributed by atoms with Crippen molar-refractivity contribution >= 4 is 23.4 Å². The molecule has 0 fully saturated rings. The second kappa shape index (κ2) is 5.75. The first-order valence-electron chi connectivity index (χ1n) is 5.73. The fraction of sp³-hybridized carbons (Fsp3) is 0.143. The van der Waals surface area contributed by atoms with E-state index in [0.29, 0.717) is 5.69 Å². The summed E-state index contributed by atoms with van der Waals surface area (Å²) in [6.07, 6.45) is 3.58. The van der Waals surface area contributed by atoms with E-state index in [1.54, 1.807) is 37.1 Å². The Hall–Kier alpha value is -2.01. The summed E-state index contributed by atoms with van der Waals surface area (Å²) in [7, 11) is 1.62. The molecule has 1 aromatic heterocycles. The van der Waals surface area contributed by atoms with Crippen LogP contribution in [0.4, 0.5) is 5.69 Å². The van der Waals surface area contributed by atoms with Crippen LogP contribution in [0.5, 0.6) is 0 Å². The van der Waals surface area contributed by atoms with E-state index in [4.69, 9.17) is 0 Å². The maximum absolute atomic E-state index is 12.1. The van der Waals surface area contributed by atoms with Gasteiger partial charge in [0.15, 0.2) is 0 Å². The number of amides is 1. The summed E-state index contributed by atoms with van der Waals surface area (Å²) in [6, 6.07) is 10.7. The summed E-state index contributed by atoms with van der Waals surface area (Å²) >= 11 is 1.59. The van der Waals surface area contributed by atoms with Gasteiger partial charge in [0.2, 0.25) is 0 Å². The molecule has 2 rings (SSSR count). The Morgan fingerprint density at radius 1 is 1.26 bits per heavy atom. The third-order valence-corrected chi connectivity index (χ3v) is 3.42. The zero-order valence-corrected chi connectivity index (χ0v) is 11.5. The number of hydrogen-bond donors (Lipinski definition) is 1. The Balaban J connectivity index is 2.26. The third-order valence-electron chi connectivity index (χ3n) is 2.70.